The number of carbonyl (C=O) groups excluding carboxylic acids is 2. The van der Waals surface area contributed by atoms with Crippen LogP contribution in [0.4, 0.5) is 28.8 Å². The van der Waals surface area contributed by atoms with Crippen molar-refractivity contribution in [3.8, 4) is 0 Å². The van der Waals surface area contributed by atoms with E-state index in [-0.39, 0.29) is 5.91 Å². The highest BCUT2D eigenvalue weighted by atomic mass is 32.2. The molecule has 0 saturated heterocycles. The number of primary amides is 1. The van der Waals surface area contributed by atoms with Crippen molar-refractivity contribution in [1.82, 2.24) is 9.97 Å². The van der Waals surface area contributed by atoms with E-state index in [4.69, 9.17) is 5.73 Å². The summed E-state index contributed by atoms with van der Waals surface area (Å²) >= 11 is 1.51. The minimum absolute atomic E-state index is 0.0115. The number of fused-ring (bicyclic) bond motifs is 1. The van der Waals surface area contributed by atoms with E-state index in [9.17, 15) is 9.59 Å². The third kappa shape index (κ3) is 4.30. The lowest BCUT2D eigenvalue weighted by Gasteiger charge is -2.18. The molecule has 0 aliphatic carbocycles. The Morgan fingerprint density at radius 3 is 2.83 bits per heavy atom. The Labute approximate surface area is 171 Å². The number of amides is 2. The SMILES string of the molecule is Cc1cnc(Nc2cccc(C(N)=O)c2)nc1Nc1ccc2c(c1)NC(=O)CS2. The highest BCUT2D eigenvalue weighted by Crippen LogP contribution is 2.34. The smallest absolute Gasteiger partial charge is 0.248 e. The number of aromatic nitrogens is 2. The van der Waals surface area contributed by atoms with Gasteiger partial charge in [0.25, 0.3) is 0 Å². The zero-order valence-electron chi connectivity index (χ0n) is 15.5. The first-order chi connectivity index (χ1) is 14.0. The number of nitrogens with one attached hydrogen (secondary N) is 3. The number of nitrogens with zero attached hydrogens (tertiary/aromatic N) is 2. The summed E-state index contributed by atoms with van der Waals surface area (Å²) in [5, 5.41) is 9.22. The van der Waals surface area contributed by atoms with Gasteiger partial charge < -0.3 is 21.7 Å². The molecule has 0 saturated carbocycles. The van der Waals surface area contributed by atoms with Crippen LogP contribution in [-0.4, -0.2) is 27.5 Å². The number of hydrogen-bond donors (Lipinski definition) is 4. The van der Waals surface area contributed by atoms with Crippen molar-refractivity contribution in [2.75, 3.05) is 21.7 Å². The fourth-order valence-electron chi connectivity index (χ4n) is 2.81. The van der Waals surface area contributed by atoms with Crippen LogP contribution in [0.5, 0.6) is 0 Å². The number of anilines is 5. The van der Waals surface area contributed by atoms with E-state index in [1.54, 1.807) is 30.5 Å². The third-order valence-electron chi connectivity index (χ3n) is 4.25. The summed E-state index contributed by atoms with van der Waals surface area (Å²) in [6.45, 7) is 1.90. The molecule has 5 N–H and O–H groups in total. The maximum absolute atomic E-state index is 11.6. The first-order valence-electron chi connectivity index (χ1n) is 8.82. The topological polar surface area (TPSA) is 122 Å². The maximum Gasteiger partial charge on any atom is 0.248 e. The molecule has 9 heteroatoms. The molecule has 0 fully saturated rings. The van der Waals surface area contributed by atoms with Gasteiger partial charge in [-0.15, -0.1) is 11.8 Å². The molecule has 4 rings (SSSR count). The molecule has 2 heterocycles. The second-order valence-electron chi connectivity index (χ2n) is 6.47. The minimum Gasteiger partial charge on any atom is -0.366 e. The molecule has 29 heavy (non-hydrogen) atoms. The van der Waals surface area contributed by atoms with Gasteiger partial charge in [-0.05, 0) is 43.3 Å². The van der Waals surface area contributed by atoms with E-state index in [0.717, 1.165) is 21.8 Å². The van der Waals surface area contributed by atoms with Crippen molar-refractivity contribution in [3.63, 3.8) is 0 Å². The molecule has 0 radical (unpaired) electrons. The number of aryl methyl sites for hydroxylation is 1. The number of rotatable bonds is 5. The highest BCUT2D eigenvalue weighted by molar-refractivity contribution is 8.00. The fraction of sp³-hybridized carbons (Fsp3) is 0.100. The van der Waals surface area contributed by atoms with Gasteiger partial charge in [-0.2, -0.15) is 4.98 Å². The Hall–Kier alpha value is -3.59. The average molecular weight is 406 g/mol. The number of benzene rings is 2. The van der Waals surface area contributed by atoms with Crippen molar-refractivity contribution < 1.29 is 9.59 Å². The van der Waals surface area contributed by atoms with E-state index in [2.05, 4.69) is 25.9 Å². The van der Waals surface area contributed by atoms with Crippen LogP contribution in [0.3, 0.4) is 0 Å². The fourth-order valence-corrected chi connectivity index (χ4v) is 3.59. The van der Waals surface area contributed by atoms with Crippen molar-refractivity contribution >= 4 is 52.4 Å². The monoisotopic (exact) mass is 406 g/mol. The van der Waals surface area contributed by atoms with E-state index >= 15 is 0 Å². The van der Waals surface area contributed by atoms with E-state index in [0.29, 0.717) is 28.8 Å². The molecule has 0 atom stereocenters. The summed E-state index contributed by atoms with van der Waals surface area (Å²) in [5.74, 6) is 0.919. The van der Waals surface area contributed by atoms with Gasteiger partial charge in [-0.1, -0.05) is 6.07 Å². The van der Waals surface area contributed by atoms with Gasteiger partial charge in [0.15, 0.2) is 0 Å². The molecule has 3 aromatic rings. The summed E-state index contributed by atoms with van der Waals surface area (Å²) in [6, 6.07) is 12.6. The van der Waals surface area contributed by atoms with Gasteiger partial charge in [-0.25, -0.2) is 4.98 Å². The summed E-state index contributed by atoms with van der Waals surface area (Å²) < 4.78 is 0. The Morgan fingerprint density at radius 2 is 2.00 bits per heavy atom. The molecule has 0 spiro atoms. The number of thioether (sulfide) groups is 1. The second kappa shape index (κ2) is 7.80. The molecular formula is C20H18N6O2S. The van der Waals surface area contributed by atoms with Crippen molar-refractivity contribution in [1.29, 1.82) is 0 Å². The van der Waals surface area contributed by atoms with Gasteiger partial charge in [0.1, 0.15) is 5.82 Å². The number of carbonyl (C=O) groups is 2. The van der Waals surface area contributed by atoms with Crippen LogP contribution in [0.25, 0.3) is 0 Å². The molecule has 146 valence electrons. The molecule has 1 aliphatic rings. The zero-order chi connectivity index (χ0) is 20.4. The van der Waals surface area contributed by atoms with E-state index < -0.39 is 5.91 Å². The molecule has 8 nitrogen and oxygen atoms in total. The van der Waals surface area contributed by atoms with Crippen LogP contribution in [0.15, 0.2) is 53.6 Å². The summed E-state index contributed by atoms with van der Waals surface area (Å²) in [7, 11) is 0. The Morgan fingerprint density at radius 1 is 1.17 bits per heavy atom. The molecule has 1 aromatic heterocycles. The zero-order valence-corrected chi connectivity index (χ0v) is 16.3. The predicted octanol–water partition coefficient (Wildman–Crippen LogP) is 3.42. The van der Waals surface area contributed by atoms with Crippen LogP contribution in [0, 0.1) is 6.92 Å². The predicted molar refractivity (Wildman–Crippen MR) is 114 cm³/mol. The molecule has 1 aliphatic heterocycles. The van der Waals surface area contributed by atoms with Crippen LogP contribution >= 0.6 is 11.8 Å². The summed E-state index contributed by atoms with van der Waals surface area (Å²) in [5.41, 5.74) is 8.82. The first-order valence-corrected chi connectivity index (χ1v) is 9.81. The van der Waals surface area contributed by atoms with Gasteiger partial charge >= 0.3 is 0 Å². The average Bonchev–Trinajstić information content (AvgIpc) is 2.70. The van der Waals surface area contributed by atoms with Crippen LogP contribution in [0.1, 0.15) is 15.9 Å². The lowest BCUT2D eigenvalue weighted by atomic mass is 10.2. The second-order valence-corrected chi connectivity index (χ2v) is 7.49. The van der Waals surface area contributed by atoms with Crippen LogP contribution in [0.2, 0.25) is 0 Å². The molecule has 0 unspecified atom stereocenters. The van der Waals surface area contributed by atoms with E-state index in [1.807, 2.05) is 25.1 Å². The lowest BCUT2D eigenvalue weighted by Crippen LogP contribution is -2.18. The standard InChI is InChI=1S/C20H18N6O2S/c1-11-9-22-20(24-13-4-2-3-12(7-13)18(21)28)26-19(11)23-14-5-6-16-15(8-14)25-17(27)10-29-16/h2-9H,10H2,1H3,(H2,21,28)(H,25,27)(H2,22,23,24,26). The lowest BCUT2D eigenvalue weighted by molar-refractivity contribution is -0.113. The number of nitrogens with two attached hydrogens (primary N) is 1. The Kier molecular flexibility index (Phi) is 5.05. The maximum atomic E-state index is 11.6. The summed E-state index contributed by atoms with van der Waals surface area (Å²) in [4.78, 5) is 32.8. The third-order valence-corrected chi connectivity index (χ3v) is 5.32. The van der Waals surface area contributed by atoms with Crippen molar-refractivity contribution in [2.24, 2.45) is 5.73 Å². The van der Waals surface area contributed by atoms with Crippen LogP contribution < -0.4 is 21.7 Å². The Bertz CT molecular complexity index is 1120. The normalized spacial score (nSPS) is 12.7. The van der Waals surface area contributed by atoms with Crippen LogP contribution in [-0.2, 0) is 4.79 Å². The largest absolute Gasteiger partial charge is 0.366 e. The quantitative estimate of drug-likeness (QED) is 0.512. The minimum atomic E-state index is -0.501. The van der Waals surface area contributed by atoms with Gasteiger partial charge in [0.05, 0.1) is 11.4 Å². The first kappa shape index (κ1) is 18.8. The molecular weight excluding hydrogens is 388 g/mol. The molecule has 2 aromatic carbocycles. The molecule has 2 amide bonds. The molecule has 0 bridgehead atoms. The number of hydrogen-bond acceptors (Lipinski definition) is 7. The summed E-state index contributed by atoms with van der Waals surface area (Å²) in [6.07, 6.45) is 1.70. The Balaban J connectivity index is 1.56. The van der Waals surface area contributed by atoms with Crippen molar-refractivity contribution in [3.05, 3.63) is 59.8 Å². The van der Waals surface area contributed by atoms with Gasteiger partial charge in [-0.3, -0.25) is 9.59 Å². The van der Waals surface area contributed by atoms with Gasteiger partial charge in [0.2, 0.25) is 17.8 Å². The van der Waals surface area contributed by atoms with E-state index in [1.165, 1.54) is 11.8 Å². The van der Waals surface area contributed by atoms with Gasteiger partial charge in [0, 0.05) is 33.6 Å². The highest BCUT2D eigenvalue weighted by Gasteiger charge is 2.16. The van der Waals surface area contributed by atoms with Crippen molar-refractivity contribution in [2.45, 2.75) is 11.8 Å².